The minimum absolute atomic E-state index is 0.104. The van der Waals surface area contributed by atoms with Gasteiger partial charge in [-0.15, -0.1) is 0 Å². The third-order valence-electron chi connectivity index (χ3n) is 6.14. The zero-order chi connectivity index (χ0) is 24.7. The fourth-order valence-electron chi connectivity index (χ4n) is 4.56. The number of fused-ring (bicyclic) bond motifs is 2. The molecule has 0 N–H and O–H groups in total. The molecular formula is C29H21ClN4OS. The lowest BCUT2D eigenvalue weighted by molar-refractivity contribution is -0.110. The number of hydrogen-bond donors (Lipinski definition) is 0. The van der Waals surface area contributed by atoms with E-state index in [1.807, 2.05) is 94.9 Å². The van der Waals surface area contributed by atoms with Crippen molar-refractivity contribution >= 4 is 51.3 Å². The summed E-state index contributed by atoms with van der Waals surface area (Å²) in [6.45, 7) is 1.54. The Morgan fingerprint density at radius 3 is 2.14 bits per heavy atom. The van der Waals surface area contributed by atoms with Gasteiger partial charge in [0.25, 0.3) is 0 Å². The van der Waals surface area contributed by atoms with Crippen molar-refractivity contribution in [3.8, 4) is 0 Å². The third-order valence-corrected chi connectivity index (χ3v) is 7.79. The molecule has 2 heterocycles. The van der Waals surface area contributed by atoms with Crippen LogP contribution in [0.15, 0.2) is 119 Å². The molecular weight excluding hydrogens is 488 g/mol. The molecule has 0 amide bonds. The summed E-state index contributed by atoms with van der Waals surface area (Å²) in [5, 5.41) is 14.9. The van der Waals surface area contributed by atoms with Gasteiger partial charge in [0.1, 0.15) is 0 Å². The van der Waals surface area contributed by atoms with Crippen molar-refractivity contribution in [3.63, 3.8) is 0 Å². The van der Waals surface area contributed by atoms with E-state index < -0.39 is 4.99 Å². The second-order valence-corrected chi connectivity index (χ2v) is 10.1. The Balaban J connectivity index is 1.67. The van der Waals surface area contributed by atoms with Gasteiger partial charge in [-0.25, -0.2) is 10.0 Å². The topological polar surface area (TPSA) is 48.3 Å². The van der Waals surface area contributed by atoms with Gasteiger partial charge in [0.15, 0.2) is 10.8 Å². The molecule has 0 aliphatic carbocycles. The predicted molar refractivity (Wildman–Crippen MR) is 149 cm³/mol. The highest BCUT2D eigenvalue weighted by atomic mass is 35.5. The first-order chi connectivity index (χ1) is 17.6. The van der Waals surface area contributed by atoms with Crippen molar-refractivity contribution in [1.82, 2.24) is 0 Å². The molecule has 0 saturated heterocycles. The Morgan fingerprint density at radius 1 is 0.778 bits per heavy atom. The Morgan fingerprint density at radius 2 is 1.42 bits per heavy atom. The fraction of sp³-hybridized carbons (Fsp3) is 0.0690. The second-order valence-electron chi connectivity index (χ2n) is 8.47. The Kier molecular flexibility index (Phi) is 5.63. The van der Waals surface area contributed by atoms with Crippen LogP contribution in [0.5, 0.6) is 0 Å². The fourth-order valence-corrected chi connectivity index (χ4v) is 6.04. The van der Waals surface area contributed by atoms with Gasteiger partial charge in [-0.1, -0.05) is 90.5 Å². The van der Waals surface area contributed by atoms with Crippen molar-refractivity contribution in [2.75, 3.05) is 10.0 Å². The standard InChI is InChI=1S/C29H21ClN4OS/c1-20(35)28-32-34(24-16-10-13-22(30)19-24)29(36-28)26-18-9-8-17-25(26)27(21-11-4-2-5-12-21)31-33(29)23-14-6-3-7-15-23/h2-19H,1H3/t29-/m1/s1. The van der Waals surface area contributed by atoms with Crippen LogP contribution in [0.1, 0.15) is 23.6 Å². The van der Waals surface area contributed by atoms with Gasteiger partial charge in [0.05, 0.1) is 17.1 Å². The lowest BCUT2D eigenvalue weighted by Gasteiger charge is -2.47. The van der Waals surface area contributed by atoms with Crippen molar-refractivity contribution in [2.24, 2.45) is 10.2 Å². The number of hydrazone groups is 2. The number of rotatable bonds is 4. The number of anilines is 2. The minimum Gasteiger partial charge on any atom is -0.292 e. The predicted octanol–water partition coefficient (Wildman–Crippen LogP) is 6.88. The summed E-state index contributed by atoms with van der Waals surface area (Å²) in [7, 11) is 0. The van der Waals surface area contributed by atoms with Crippen LogP contribution in [0.25, 0.3) is 0 Å². The number of Topliss-reactive ketones (excluding diaryl/α,β-unsaturated/α-hetero) is 1. The highest BCUT2D eigenvalue weighted by Crippen LogP contribution is 2.55. The maximum atomic E-state index is 12.7. The lowest BCUT2D eigenvalue weighted by atomic mass is 9.93. The zero-order valence-electron chi connectivity index (χ0n) is 19.4. The van der Waals surface area contributed by atoms with Crippen molar-refractivity contribution in [3.05, 3.63) is 131 Å². The SMILES string of the molecule is CC(=O)C1=NN(c2cccc(Cl)c2)[C@@]2(S1)c1ccccc1C(c1ccccc1)=NN2c1ccccc1. The van der Waals surface area contributed by atoms with Crippen LogP contribution in [-0.4, -0.2) is 16.5 Å². The molecule has 2 aliphatic rings. The number of thioether (sulfide) groups is 1. The van der Waals surface area contributed by atoms with Gasteiger partial charge in [0, 0.05) is 28.6 Å². The molecule has 0 unspecified atom stereocenters. The molecule has 2 aliphatic heterocycles. The summed E-state index contributed by atoms with van der Waals surface area (Å²) < 4.78 is 0. The molecule has 5 nitrogen and oxygen atoms in total. The average molecular weight is 509 g/mol. The van der Waals surface area contributed by atoms with Gasteiger partial charge < -0.3 is 0 Å². The Hall–Kier alpha value is -3.87. The van der Waals surface area contributed by atoms with Gasteiger partial charge >= 0.3 is 0 Å². The molecule has 4 aromatic carbocycles. The second kappa shape index (κ2) is 8.97. The molecule has 6 rings (SSSR count). The third kappa shape index (κ3) is 3.61. The normalized spacial score (nSPS) is 18.6. The number of nitrogens with zero attached hydrogens (tertiary/aromatic N) is 4. The summed E-state index contributed by atoms with van der Waals surface area (Å²) in [5.74, 6) is -0.104. The van der Waals surface area contributed by atoms with Crippen LogP contribution in [0.3, 0.4) is 0 Å². The summed E-state index contributed by atoms with van der Waals surface area (Å²) in [6, 6.07) is 35.8. The van der Waals surface area contributed by atoms with Crippen molar-refractivity contribution in [2.45, 2.75) is 11.9 Å². The monoisotopic (exact) mass is 508 g/mol. The number of para-hydroxylation sites is 1. The molecule has 176 valence electrons. The maximum Gasteiger partial charge on any atom is 0.234 e. The molecule has 0 radical (unpaired) electrons. The molecule has 1 spiro atoms. The summed E-state index contributed by atoms with van der Waals surface area (Å²) in [6.07, 6.45) is 0. The number of ketones is 1. The molecule has 7 heteroatoms. The van der Waals surface area contributed by atoms with Crippen LogP contribution in [-0.2, 0) is 9.79 Å². The van der Waals surface area contributed by atoms with Crippen LogP contribution in [0.4, 0.5) is 11.4 Å². The molecule has 4 aromatic rings. The number of halogens is 1. The van der Waals surface area contributed by atoms with E-state index in [1.165, 1.54) is 11.8 Å². The minimum atomic E-state index is -0.984. The van der Waals surface area contributed by atoms with E-state index in [9.17, 15) is 4.79 Å². The molecule has 0 aromatic heterocycles. The van der Waals surface area contributed by atoms with E-state index in [4.69, 9.17) is 21.8 Å². The first-order valence-electron chi connectivity index (χ1n) is 11.5. The number of benzene rings is 4. The molecule has 36 heavy (non-hydrogen) atoms. The van der Waals surface area contributed by atoms with Crippen LogP contribution in [0, 0.1) is 0 Å². The van der Waals surface area contributed by atoms with E-state index in [1.54, 1.807) is 6.92 Å². The highest BCUT2D eigenvalue weighted by Gasteiger charge is 2.55. The smallest absolute Gasteiger partial charge is 0.234 e. The average Bonchev–Trinajstić information content (AvgIpc) is 3.31. The van der Waals surface area contributed by atoms with Gasteiger partial charge in [-0.2, -0.15) is 10.2 Å². The first kappa shape index (κ1) is 22.6. The number of carbonyl (C=O) groups is 1. The molecule has 0 bridgehead atoms. The zero-order valence-corrected chi connectivity index (χ0v) is 20.9. The largest absolute Gasteiger partial charge is 0.292 e. The summed E-state index contributed by atoms with van der Waals surface area (Å²) >= 11 is 7.81. The van der Waals surface area contributed by atoms with Crippen molar-refractivity contribution in [1.29, 1.82) is 0 Å². The van der Waals surface area contributed by atoms with Gasteiger partial charge in [-0.3, -0.25) is 4.79 Å². The molecule has 1 atom stereocenters. The van der Waals surface area contributed by atoms with Crippen LogP contribution < -0.4 is 10.0 Å². The van der Waals surface area contributed by atoms with Crippen LogP contribution in [0.2, 0.25) is 5.02 Å². The number of hydrogen-bond acceptors (Lipinski definition) is 6. The molecule has 0 saturated carbocycles. The van der Waals surface area contributed by atoms with E-state index in [-0.39, 0.29) is 5.78 Å². The quantitative estimate of drug-likeness (QED) is 0.301. The summed E-state index contributed by atoms with van der Waals surface area (Å²) in [5.41, 5.74) is 5.46. The van der Waals surface area contributed by atoms with Crippen molar-refractivity contribution < 1.29 is 4.79 Å². The Labute approximate surface area is 218 Å². The Bertz CT molecular complexity index is 1520. The summed E-state index contributed by atoms with van der Waals surface area (Å²) in [4.78, 5) is 11.7. The van der Waals surface area contributed by atoms with Gasteiger partial charge in [0.2, 0.25) is 4.99 Å². The van der Waals surface area contributed by atoms with E-state index in [0.29, 0.717) is 10.1 Å². The highest BCUT2D eigenvalue weighted by molar-refractivity contribution is 8.17. The molecule has 0 fully saturated rings. The van der Waals surface area contributed by atoms with Crippen LogP contribution >= 0.6 is 23.4 Å². The van der Waals surface area contributed by atoms with Gasteiger partial charge in [-0.05, 0) is 42.1 Å². The van der Waals surface area contributed by atoms with E-state index >= 15 is 0 Å². The first-order valence-corrected chi connectivity index (χ1v) is 12.7. The number of carbonyl (C=O) groups excluding carboxylic acids is 1. The van der Waals surface area contributed by atoms with E-state index in [2.05, 4.69) is 24.3 Å². The maximum absolute atomic E-state index is 12.7. The van der Waals surface area contributed by atoms with E-state index in [0.717, 1.165) is 33.8 Å². The lowest BCUT2D eigenvalue weighted by Crippen LogP contribution is -2.54.